The smallest absolute Gasteiger partial charge is 0.420 e. The van der Waals surface area contributed by atoms with Crippen LogP contribution >= 0.6 is 0 Å². The first-order valence-electron chi connectivity index (χ1n) is 10.3. The van der Waals surface area contributed by atoms with Crippen molar-refractivity contribution in [3.05, 3.63) is 53.6 Å². The zero-order valence-electron chi connectivity index (χ0n) is 17.7. The molecule has 9 heteroatoms. The van der Waals surface area contributed by atoms with E-state index in [0.29, 0.717) is 11.1 Å². The number of alkyl halides is 3. The summed E-state index contributed by atoms with van der Waals surface area (Å²) in [6.07, 6.45) is -2.32. The van der Waals surface area contributed by atoms with Gasteiger partial charge in [0.05, 0.1) is 35.7 Å². The fourth-order valence-electron chi connectivity index (χ4n) is 4.00. The monoisotopic (exact) mass is 447 g/mol. The molecule has 0 saturated heterocycles. The van der Waals surface area contributed by atoms with Gasteiger partial charge in [0.15, 0.2) is 0 Å². The number of aliphatic hydroxyl groups is 1. The maximum absolute atomic E-state index is 13.5. The van der Waals surface area contributed by atoms with Crippen LogP contribution in [0.1, 0.15) is 49.8 Å². The van der Waals surface area contributed by atoms with Crippen LogP contribution in [0.5, 0.6) is 5.75 Å². The highest BCUT2D eigenvalue weighted by Crippen LogP contribution is 2.42. The number of hydrogen-bond acceptors (Lipinski definition) is 4. The normalized spacial score (nSPS) is 16.4. The molecule has 1 heterocycles. The number of nitrogens with one attached hydrogen (secondary N) is 1. The van der Waals surface area contributed by atoms with E-state index in [1.807, 2.05) is 6.07 Å². The molecule has 3 aromatic rings. The van der Waals surface area contributed by atoms with Gasteiger partial charge in [0.2, 0.25) is 11.9 Å². The Balaban J connectivity index is 1.69. The second-order valence-electron chi connectivity index (χ2n) is 8.29. The van der Waals surface area contributed by atoms with E-state index in [4.69, 9.17) is 4.74 Å². The van der Waals surface area contributed by atoms with Gasteiger partial charge in [-0.1, -0.05) is 30.3 Å². The predicted molar refractivity (Wildman–Crippen MR) is 113 cm³/mol. The van der Waals surface area contributed by atoms with E-state index in [2.05, 4.69) is 10.3 Å². The quantitative estimate of drug-likeness (QED) is 0.556. The minimum absolute atomic E-state index is 0.0561. The Bertz CT molecular complexity index is 1140. The van der Waals surface area contributed by atoms with Crippen molar-refractivity contribution in [2.24, 2.45) is 0 Å². The molecular weight excluding hydrogens is 423 g/mol. The molecule has 170 valence electrons. The summed E-state index contributed by atoms with van der Waals surface area (Å²) in [5.74, 6) is -0.647. The minimum Gasteiger partial charge on any atom is -0.496 e. The summed E-state index contributed by atoms with van der Waals surface area (Å²) >= 11 is 0. The number of hydrogen-bond donors (Lipinski definition) is 2. The average molecular weight is 447 g/mol. The van der Waals surface area contributed by atoms with Crippen LogP contribution in [0.2, 0.25) is 0 Å². The van der Waals surface area contributed by atoms with Crippen molar-refractivity contribution < 1.29 is 27.8 Å². The van der Waals surface area contributed by atoms with Crippen molar-refractivity contribution in [3.63, 3.8) is 0 Å². The molecule has 1 unspecified atom stereocenters. The molecule has 0 aliphatic heterocycles. The summed E-state index contributed by atoms with van der Waals surface area (Å²) in [4.78, 5) is 17.2. The zero-order chi connectivity index (χ0) is 23.1. The van der Waals surface area contributed by atoms with Crippen LogP contribution in [0, 0.1) is 0 Å². The van der Waals surface area contributed by atoms with Gasteiger partial charge in [-0.05, 0) is 37.8 Å². The molecule has 0 spiro atoms. The Morgan fingerprint density at radius 1 is 1.25 bits per heavy atom. The molecule has 1 aliphatic rings. The average Bonchev–Trinajstić information content (AvgIpc) is 3.02. The number of benzene rings is 2. The molecule has 1 aliphatic carbocycles. The molecule has 1 amide bonds. The summed E-state index contributed by atoms with van der Waals surface area (Å²) < 4.78 is 47.2. The van der Waals surface area contributed by atoms with Gasteiger partial charge in [-0.3, -0.25) is 10.1 Å². The van der Waals surface area contributed by atoms with Gasteiger partial charge in [0.25, 0.3) is 0 Å². The molecule has 1 saturated carbocycles. The van der Waals surface area contributed by atoms with Crippen molar-refractivity contribution >= 4 is 22.9 Å². The third-order valence-corrected chi connectivity index (χ3v) is 5.91. The number of fused-ring (bicyclic) bond motifs is 1. The van der Waals surface area contributed by atoms with Crippen molar-refractivity contribution in [1.29, 1.82) is 0 Å². The molecule has 0 bridgehead atoms. The zero-order valence-corrected chi connectivity index (χ0v) is 17.7. The highest BCUT2D eigenvalue weighted by Gasteiger charge is 2.36. The molecule has 0 radical (unpaired) electrons. The number of methoxy groups -OCH3 is 1. The maximum atomic E-state index is 13.5. The van der Waals surface area contributed by atoms with E-state index in [-0.39, 0.29) is 29.7 Å². The number of carbonyl (C=O) groups is 1. The van der Waals surface area contributed by atoms with Gasteiger partial charge in [-0.2, -0.15) is 13.2 Å². The molecule has 4 rings (SSSR count). The number of carbonyl (C=O) groups excluding carboxylic acids is 1. The standard InChI is InChI=1S/C23H24F3N3O3/c1-22(31,14-7-4-3-5-8-14)13-20(30)28-21-27-17-12-19(32-2)16(23(24,25)26)11-18(17)29(21)15-9-6-10-15/h3-5,7-8,11-12,15,31H,6,9-10,13H2,1-2H3,(H,27,28,30). The number of rotatable bonds is 6. The van der Waals surface area contributed by atoms with Crippen LogP contribution < -0.4 is 10.1 Å². The number of amides is 1. The number of nitrogens with zero attached hydrogens (tertiary/aromatic N) is 2. The lowest BCUT2D eigenvalue weighted by atomic mass is 9.92. The minimum atomic E-state index is -4.59. The second kappa shape index (κ2) is 8.12. The Kier molecular flexibility index (Phi) is 5.62. The Labute approximate surface area is 183 Å². The summed E-state index contributed by atoms with van der Waals surface area (Å²) in [5, 5.41) is 13.5. The lowest BCUT2D eigenvalue weighted by Crippen LogP contribution is -2.30. The van der Waals surface area contributed by atoms with E-state index in [0.717, 1.165) is 25.3 Å². The fourth-order valence-corrected chi connectivity index (χ4v) is 4.00. The van der Waals surface area contributed by atoms with E-state index < -0.39 is 23.2 Å². The van der Waals surface area contributed by atoms with Gasteiger partial charge < -0.3 is 14.4 Å². The van der Waals surface area contributed by atoms with Crippen LogP contribution in [-0.4, -0.2) is 27.7 Å². The van der Waals surface area contributed by atoms with E-state index >= 15 is 0 Å². The van der Waals surface area contributed by atoms with E-state index in [1.54, 1.807) is 28.8 Å². The maximum Gasteiger partial charge on any atom is 0.420 e. The lowest BCUT2D eigenvalue weighted by Gasteiger charge is -2.29. The van der Waals surface area contributed by atoms with Crippen LogP contribution in [0.3, 0.4) is 0 Å². The predicted octanol–water partition coefficient (Wildman–Crippen LogP) is 5.03. The summed E-state index contributed by atoms with van der Waals surface area (Å²) in [6, 6.07) is 11.0. The summed E-state index contributed by atoms with van der Waals surface area (Å²) in [6.45, 7) is 1.54. The number of aromatic nitrogens is 2. The highest BCUT2D eigenvalue weighted by atomic mass is 19.4. The van der Waals surface area contributed by atoms with Gasteiger partial charge >= 0.3 is 6.18 Å². The van der Waals surface area contributed by atoms with Crippen molar-refractivity contribution in [1.82, 2.24) is 9.55 Å². The van der Waals surface area contributed by atoms with Gasteiger partial charge in [0, 0.05) is 12.1 Å². The van der Waals surface area contributed by atoms with Crippen LogP contribution in [-0.2, 0) is 16.6 Å². The van der Waals surface area contributed by atoms with Crippen molar-refractivity contribution in [2.45, 2.75) is 50.4 Å². The molecule has 1 atom stereocenters. The fraction of sp³-hybridized carbons (Fsp3) is 0.391. The molecule has 1 aromatic heterocycles. The first kappa shape index (κ1) is 22.1. The lowest BCUT2D eigenvalue weighted by molar-refractivity contribution is -0.138. The van der Waals surface area contributed by atoms with Crippen molar-refractivity contribution in [2.75, 3.05) is 12.4 Å². The van der Waals surface area contributed by atoms with Crippen molar-refractivity contribution in [3.8, 4) is 5.75 Å². The number of imidazole rings is 1. The van der Waals surface area contributed by atoms with Gasteiger partial charge in [-0.25, -0.2) is 4.98 Å². The SMILES string of the molecule is COc1cc2nc(NC(=O)CC(C)(O)c3ccccc3)n(C3CCC3)c2cc1C(F)(F)F. The Morgan fingerprint density at radius 3 is 2.50 bits per heavy atom. The molecule has 6 nitrogen and oxygen atoms in total. The third-order valence-electron chi connectivity index (χ3n) is 5.91. The third kappa shape index (κ3) is 4.17. The second-order valence-corrected chi connectivity index (χ2v) is 8.29. The van der Waals surface area contributed by atoms with E-state index in [1.165, 1.54) is 20.1 Å². The Morgan fingerprint density at radius 2 is 1.94 bits per heavy atom. The van der Waals surface area contributed by atoms with E-state index in [9.17, 15) is 23.1 Å². The Hall–Kier alpha value is -3.07. The molecule has 2 N–H and O–H groups in total. The van der Waals surface area contributed by atoms with Crippen LogP contribution in [0.15, 0.2) is 42.5 Å². The van der Waals surface area contributed by atoms with Crippen LogP contribution in [0.25, 0.3) is 11.0 Å². The largest absolute Gasteiger partial charge is 0.496 e. The molecule has 32 heavy (non-hydrogen) atoms. The first-order chi connectivity index (χ1) is 15.1. The molecular formula is C23H24F3N3O3. The molecule has 2 aromatic carbocycles. The molecule has 1 fully saturated rings. The topological polar surface area (TPSA) is 76.4 Å². The summed E-state index contributed by atoms with van der Waals surface area (Å²) in [7, 11) is 1.17. The number of anilines is 1. The first-order valence-corrected chi connectivity index (χ1v) is 10.3. The number of ether oxygens (including phenoxy) is 1. The van der Waals surface area contributed by atoms with Gasteiger partial charge in [-0.15, -0.1) is 0 Å². The summed E-state index contributed by atoms with van der Waals surface area (Å²) in [5.41, 5.74) is -1.13. The van der Waals surface area contributed by atoms with Crippen LogP contribution in [0.4, 0.5) is 19.1 Å². The van der Waals surface area contributed by atoms with Gasteiger partial charge in [0.1, 0.15) is 5.75 Å². The highest BCUT2D eigenvalue weighted by molar-refractivity contribution is 5.92. The number of halogens is 3.